The minimum absolute atomic E-state index is 0.0512. The van der Waals surface area contributed by atoms with E-state index in [2.05, 4.69) is 5.32 Å². The molecule has 0 radical (unpaired) electrons. The normalized spacial score (nSPS) is 17.2. The summed E-state index contributed by atoms with van der Waals surface area (Å²) in [4.78, 5) is 26.2. The van der Waals surface area contributed by atoms with Gasteiger partial charge < -0.3 is 15.3 Å². The van der Waals surface area contributed by atoms with E-state index in [0.717, 1.165) is 37.0 Å². The molecule has 0 bridgehead atoms. The van der Waals surface area contributed by atoms with Crippen molar-refractivity contribution in [2.75, 3.05) is 7.05 Å². The molecule has 0 aromatic carbocycles. The summed E-state index contributed by atoms with van der Waals surface area (Å²) in [5, 5.41) is 14.0. The molecule has 5 nitrogen and oxygen atoms in total. The zero-order chi connectivity index (χ0) is 15.2. The van der Waals surface area contributed by atoms with Gasteiger partial charge in [-0.05, 0) is 30.2 Å². The molecule has 1 aromatic heterocycles. The van der Waals surface area contributed by atoms with Crippen LogP contribution in [0.3, 0.4) is 0 Å². The Labute approximate surface area is 129 Å². The molecule has 1 aliphatic carbocycles. The molecule has 116 valence electrons. The van der Waals surface area contributed by atoms with Crippen LogP contribution in [0.4, 0.5) is 4.79 Å². The Morgan fingerprint density at radius 3 is 2.71 bits per heavy atom. The third kappa shape index (κ3) is 4.46. The first-order chi connectivity index (χ1) is 10.1. The van der Waals surface area contributed by atoms with Crippen LogP contribution in [0, 0.1) is 5.92 Å². The molecule has 6 heteroatoms. The lowest BCUT2D eigenvalue weighted by molar-refractivity contribution is -0.141. The van der Waals surface area contributed by atoms with Crippen LogP contribution in [-0.2, 0) is 11.3 Å². The van der Waals surface area contributed by atoms with Crippen molar-refractivity contribution in [3.05, 3.63) is 22.4 Å². The molecule has 0 saturated heterocycles. The summed E-state index contributed by atoms with van der Waals surface area (Å²) in [5.74, 6) is -0.880. The molecule has 2 N–H and O–H groups in total. The van der Waals surface area contributed by atoms with Gasteiger partial charge in [-0.3, -0.25) is 0 Å². The highest BCUT2D eigenvalue weighted by Gasteiger charge is 2.31. The molecule has 1 saturated carbocycles. The zero-order valence-corrected chi connectivity index (χ0v) is 13.1. The third-order valence-corrected chi connectivity index (χ3v) is 4.85. The van der Waals surface area contributed by atoms with Crippen molar-refractivity contribution in [2.45, 2.75) is 44.7 Å². The molecule has 1 aliphatic rings. The predicted molar refractivity (Wildman–Crippen MR) is 82.3 cm³/mol. The maximum absolute atomic E-state index is 12.2. The number of rotatable bonds is 5. The summed E-state index contributed by atoms with van der Waals surface area (Å²) in [7, 11) is 1.69. The van der Waals surface area contributed by atoms with E-state index in [4.69, 9.17) is 0 Å². The second kappa shape index (κ2) is 7.45. The molecule has 2 rings (SSSR count). The Bertz CT molecular complexity index is 469. The molecule has 0 spiro atoms. The SMILES string of the molecule is CN(Cc1cccs1)C(=O)NC(C(=O)O)C1CCCCC1. The zero-order valence-electron chi connectivity index (χ0n) is 12.2. The van der Waals surface area contributed by atoms with Gasteiger partial charge in [-0.25, -0.2) is 9.59 Å². The van der Waals surface area contributed by atoms with E-state index >= 15 is 0 Å². The molecule has 21 heavy (non-hydrogen) atoms. The van der Waals surface area contributed by atoms with Crippen molar-refractivity contribution in [3.63, 3.8) is 0 Å². The number of carboxylic acids is 1. The van der Waals surface area contributed by atoms with Gasteiger partial charge in [0.05, 0.1) is 6.54 Å². The standard InChI is InChI=1S/C15H22N2O3S/c1-17(10-12-8-5-9-21-12)15(20)16-13(14(18)19)11-6-3-2-4-7-11/h5,8-9,11,13H,2-4,6-7,10H2,1H3,(H,16,20)(H,18,19). The van der Waals surface area contributed by atoms with E-state index in [-0.39, 0.29) is 11.9 Å². The van der Waals surface area contributed by atoms with E-state index in [9.17, 15) is 14.7 Å². The van der Waals surface area contributed by atoms with Crippen LogP contribution < -0.4 is 5.32 Å². The summed E-state index contributed by atoms with van der Waals surface area (Å²) in [5.41, 5.74) is 0. The van der Waals surface area contributed by atoms with E-state index in [0.29, 0.717) is 6.54 Å². The minimum Gasteiger partial charge on any atom is -0.480 e. The second-order valence-electron chi connectivity index (χ2n) is 5.60. The van der Waals surface area contributed by atoms with Gasteiger partial charge in [0.1, 0.15) is 6.04 Å². The van der Waals surface area contributed by atoms with Crippen molar-refractivity contribution in [3.8, 4) is 0 Å². The largest absolute Gasteiger partial charge is 0.480 e. The average molecular weight is 310 g/mol. The van der Waals surface area contributed by atoms with Crippen LogP contribution in [-0.4, -0.2) is 35.1 Å². The molecular formula is C15H22N2O3S. The number of amides is 2. The predicted octanol–water partition coefficient (Wildman–Crippen LogP) is 2.92. The summed E-state index contributed by atoms with van der Waals surface area (Å²) < 4.78 is 0. The maximum Gasteiger partial charge on any atom is 0.326 e. The second-order valence-corrected chi connectivity index (χ2v) is 6.63. The minimum atomic E-state index is -0.931. The van der Waals surface area contributed by atoms with Crippen molar-refractivity contribution in [2.24, 2.45) is 5.92 Å². The number of thiophene rings is 1. The van der Waals surface area contributed by atoms with E-state index < -0.39 is 12.0 Å². The molecular weight excluding hydrogens is 288 g/mol. The highest BCUT2D eigenvalue weighted by molar-refractivity contribution is 7.09. The van der Waals surface area contributed by atoms with Crippen LogP contribution in [0.2, 0.25) is 0 Å². The fourth-order valence-electron chi connectivity index (χ4n) is 2.80. The van der Waals surface area contributed by atoms with Gasteiger partial charge in [0, 0.05) is 11.9 Å². The van der Waals surface area contributed by atoms with Gasteiger partial charge >= 0.3 is 12.0 Å². The smallest absolute Gasteiger partial charge is 0.326 e. The number of hydrogen-bond donors (Lipinski definition) is 2. The first-order valence-electron chi connectivity index (χ1n) is 7.34. The summed E-state index contributed by atoms with van der Waals surface area (Å²) >= 11 is 1.58. The van der Waals surface area contributed by atoms with Gasteiger partial charge in [0.2, 0.25) is 0 Å². The molecule has 2 amide bonds. The summed E-state index contributed by atoms with van der Waals surface area (Å²) in [6.45, 7) is 0.501. The van der Waals surface area contributed by atoms with Crippen molar-refractivity contribution >= 4 is 23.3 Å². The Balaban J connectivity index is 1.92. The molecule has 1 atom stereocenters. The number of hydrogen-bond acceptors (Lipinski definition) is 3. The van der Waals surface area contributed by atoms with Gasteiger partial charge in [-0.2, -0.15) is 0 Å². The lowest BCUT2D eigenvalue weighted by atomic mass is 9.84. The Morgan fingerprint density at radius 1 is 1.43 bits per heavy atom. The molecule has 1 aromatic rings. The monoisotopic (exact) mass is 310 g/mol. The van der Waals surface area contributed by atoms with Crippen LogP contribution in [0.25, 0.3) is 0 Å². The highest BCUT2D eigenvalue weighted by Crippen LogP contribution is 2.26. The van der Waals surface area contributed by atoms with Crippen LogP contribution in [0.1, 0.15) is 37.0 Å². The Hall–Kier alpha value is -1.56. The lowest BCUT2D eigenvalue weighted by Gasteiger charge is -2.29. The number of carboxylic acid groups (broad SMARTS) is 1. The van der Waals surface area contributed by atoms with E-state index in [1.165, 1.54) is 4.90 Å². The number of carbonyl (C=O) groups excluding carboxylic acids is 1. The number of nitrogens with one attached hydrogen (secondary N) is 1. The quantitative estimate of drug-likeness (QED) is 0.878. The Kier molecular flexibility index (Phi) is 5.61. The van der Waals surface area contributed by atoms with Gasteiger partial charge in [-0.15, -0.1) is 11.3 Å². The van der Waals surface area contributed by atoms with Crippen molar-refractivity contribution < 1.29 is 14.7 Å². The highest BCUT2D eigenvalue weighted by atomic mass is 32.1. The Morgan fingerprint density at radius 2 is 2.14 bits per heavy atom. The fraction of sp³-hybridized carbons (Fsp3) is 0.600. The molecule has 1 unspecified atom stereocenters. The fourth-order valence-corrected chi connectivity index (χ4v) is 3.56. The van der Waals surface area contributed by atoms with E-state index in [1.54, 1.807) is 18.4 Å². The molecule has 1 heterocycles. The average Bonchev–Trinajstić information content (AvgIpc) is 2.98. The topological polar surface area (TPSA) is 69.6 Å². The van der Waals surface area contributed by atoms with Gasteiger partial charge in [0.25, 0.3) is 0 Å². The summed E-state index contributed by atoms with van der Waals surface area (Å²) in [6, 6.07) is 2.81. The molecule has 0 aliphatic heterocycles. The number of urea groups is 1. The lowest BCUT2D eigenvalue weighted by Crippen LogP contribution is -2.50. The van der Waals surface area contributed by atoms with E-state index in [1.807, 2.05) is 17.5 Å². The first kappa shape index (κ1) is 15.8. The number of carbonyl (C=O) groups is 2. The number of nitrogens with zero attached hydrogens (tertiary/aromatic N) is 1. The van der Waals surface area contributed by atoms with Gasteiger partial charge in [0.15, 0.2) is 0 Å². The number of aliphatic carboxylic acids is 1. The third-order valence-electron chi connectivity index (χ3n) is 3.99. The van der Waals surface area contributed by atoms with Crippen LogP contribution in [0.15, 0.2) is 17.5 Å². The first-order valence-corrected chi connectivity index (χ1v) is 8.22. The van der Waals surface area contributed by atoms with Crippen LogP contribution >= 0.6 is 11.3 Å². The van der Waals surface area contributed by atoms with Crippen molar-refractivity contribution in [1.29, 1.82) is 0 Å². The van der Waals surface area contributed by atoms with Crippen molar-refractivity contribution in [1.82, 2.24) is 10.2 Å². The van der Waals surface area contributed by atoms with Crippen LogP contribution in [0.5, 0.6) is 0 Å². The molecule has 1 fully saturated rings. The maximum atomic E-state index is 12.2. The summed E-state index contributed by atoms with van der Waals surface area (Å²) in [6.07, 6.45) is 5.03. The van der Waals surface area contributed by atoms with Gasteiger partial charge in [-0.1, -0.05) is 25.3 Å².